The smallest absolute Gasteiger partial charge is 0.416 e. The molecule has 0 spiro atoms. The number of aromatic nitrogens is 1. The molecule has 7 N–H and O–H groups in total. The molecular formula is C19H22F3N6O2+. The van der Waals surface area contributed by atoms with E-state index in [1.807, 2.05) is 0 Å². The molecular weight excluding hydrogens is 401 g/mol. The van der Waals surface area contributed by atoms with Gasteiger partial charge in [0.05, 0.1) is 43.0 Å². The lowest BCUT2D eigenvalue weighted by atomic mass is 10.1. The van der Waals surface area contributed by atoms with Gasteiger partial charge in [-0.05, 0) is 30.3 Å². The maximum absolute atomic E-state index is 13.2. The molecule has 1 aliphatic heterocycles. The fourth-order valence-electron chi connectivity index (χ4n) is 2.98. The van der Waals surface area contributed by atoms with Crippen LogP contribution in [0.3, 0.4) is 0 Å². The highest BCUT2D eigenvalue weighted by molar-refractivity contribution is 5.79. The number of fused-ring (bicyclic) bond motifs is 1. The number of nitrogens with one attached hydrogen (secondary N) is 1. The van der Waals surface area contributed by atoms with E-state index in [1.165, 1.54) is 37.9 Å². The summed E-state index contributed by atoms with van der Waals surface area (Å²) in [4.78, 5) is 11.0. The van der Waals surface area contributed by atoms with Crippen LogP contribution >= 0.6 is 0 Å². The zero-order valence-corrected chi connectivity index (χ0v) is 16.3. The number of methoxy groups -OCH3 is 1. The number of nitrogens with two attached hydrogens (primary N) is 3. The third-order valence-electron chi connectivity index (χ3n) is 4.41. The van der Waals surface area contributed by atoms with Gasteiger partial charge in [0.15, 0.2) is 11.6 Å². The van der Waals surface area contributed by atoms with E-state index in [4.69, 9.17) is 21.0 Å². The van der Waals surface area contributed by atoms with Gasteiger partial charge in [0, 0.05) is 12.1 Å². The van der Waals surface area contributed by atoms with Crippen LogP contribution in [-0.4, -0.2) is 19.2 Å². The lowest BCUT2D eigenvalue weighted by Gasteiger charge is -2.26. The van der Waals surface area contributed by atoms with Crippen LogP contribution in [0.25, 0.3) is 0 Å². The molecule has 0 radical (unpaired) electrons. The third-order valence-corrected chi connectivity index (χ3v) is 4.41. The van der Waals surface area contributed by atoms with Crippen molar-refractivity contribution in [2.24, 2.45) is 11.5 Å². The summed E-state index contributed by atoms with van der Waals surface area (Å²) in [6, 6.07) is 6.92. The van der Waals surface area contributed by atoms with Gasteiger partial charge >= 0.3 is 6.18 Å². The van der Waals surface area contributed by atoms with Gasteiger partial charge in [-0.3, -0.25) is 9.88 Å². The summed E-state index contributed by atoms with van der Waals surface area (Å²) in [5.74, 6) is 0.368. The summed E-state index contributed by atoms with van der Waals surface area (Å²) in [7, 11) is 2.93. The average Bonchev–Trinajstić information content (AvgIpc) is 3.10. The van der Waals surface area contributed by atoms with Crippen molar-refractivity contribution in [3.8, 4) is 0 Å². The predicted molar refractivity (Wildman–Crippen MR) is 105 cm³/mol. The van der Waals surface area contributed by atoms with Crippen molar-refractivity contribution in [3.05, 3.63) is 71.6 Å². The second kappa shape index (κ2) is 8.51. The van der Waals surface area contributed by atoms with Crippen LogP contribution in [0, 0.1) is 0 Å². The van der Waals surface area contributed by atoms with Crippen LogP contribution in [0.5, 0.6) is 0 Å². The molecule has 8 nitrogen and oxygen atoms in total. The monoisotopic (exact) mass is 423 g/mol. The Morgan fingerprint density at radius 2 is 1.97 bits per heavy atom. The Hall–Kier alpha value is -3.44. The Kier molecular flexibility index (Phi) is 6.04. The normalized spacial score (nSPS) is 17.0. The Morgan fingerprint density at radius 1 is 1.20 bits per heavy atom. The molecule has 1 aromatic heterocycles. The molecule has 1 atom stereocenters. The number of anilines is 2. The standard InChI is InChI=1S/C19H21F3N6O2/c1-29-17(24)8-7-16(23)28-15-6-3-11(19(20,21)22)9-14(15)26-18(28)13-5-4-12(10-25-13)27-30-2/h3-10,18,26-27H,23-24H2,1-2H3/p+1/b16-7+,17-8+. The minimum absolute atomic E-state index is 0.131. The van der Waals surface area contributed by atoms with Crippen molar-refractivity contribution < 1.29 is 28.2 Å². The van der Waals surface area contributed by atoms with E-state index in [1.54, 1.807) is 23.2 Å². The van der Waals surface area contributed by atoms with Crippen molar-refractivity contribution in [1.82, 2.24) is 4.98 Å². The fraction of sp³-hybridized carbons (Fsp3) is 0.211. The van der Waals surface area contributed by atoms with Gasteiger partial charge < -0.3 is 21.5 Å². The van der Waals surface area contributed by atoms with Crippen LogP contribution in [-0.2, 0) is 15.8 Å². The van der Waals surface area contributed by atoms with Crippen LogP contribution in [0.2, 0.25) is 0 Å². The zero-order chi connectivity index (χ0) is 21.9. The van der Waals surface area contributed by atoms with E-state index in [2.05, 4.69) is 10.3 Å². The SMILES string of the molecule is CO[NH2+]c1ccc(C2Nc3cc(C(F)(F)F)ccc3N2/C(N)=C/C=C(\N)OC)nc1. The average molecular weight is 423 g/mol. The third kappa shape index (κ3) is 4.42. The minimum atomic E-state index is -4.47. The van der Waals surface area contributed by atoms with Gasteiger partial charge in [-0.25, -0.2) is 4.84 Å². The number of alkyl halides is 3. The van der Waals surface area contributed by atoms with Gasteiger partial charge in [-0.15, -0.1) is 0 Å². The van der Waals surface area contributed by atoms with Gasteiger partial charge in [0.2, 0.25) is 0 Å². The highest BCUT2D eigenvalue weighted by atomic mass is 19.4. The Labute approximate surface area is 170 Å². The molecule has 0 bridgehead atoms. The number of nitrogens with zero attached hydrogens (tertiary/aromatic N) is 2. The second-order valence-corrected chi connectivity index (χ2v) is 6.38. The van der Waals surface area contributed by atoms with Crippen LogP contribution in [0.15, 0.2) is 60.4 Å². The number of ether oxygens (including phenoxy) is 1. The van der Waals surface area contributed by atoms with Crippen molar-refractivity contribution in [3.63, 3.8) is 0 Å². The summed E-state index contributed by atoms with van der Waals surface area (Å²) in [5, 5.41) is 3.07. The molecule has 0 aliphatic carbocycles. The summed E-state index contributed by atoms with van der Waals surface area (Å²) in [6.45, 7) is 0. The maximum atomic E-state index is 13.2. The molecule has 1 aromatic carbocycles. The van der Waals surface area contributed by atoms with E-state index in [9.17, 15) is 13.2 Å². The molecule has 0 fully saturated rings. The highest BCUT2D eigenvalue weighted by Gasteiger charge is 2.36. The van der Waals surface area contributed by atoms with E-state index in [-0.39, 0.29) is 17.4 Å². The number of halogens is 3. The molecule has 2 heterocycles. The summed E-state index contributed by atoms with van der Waals surface area (Å²) >= 11 is 0. The summed E-state index contributed by atoms with van der Waals surface area (Å²) in [6.07, 6.45) is -0.544. The number of hydrogen-bond acceptors (Lipinski definition) is 7. The van der Waals surface area contributed by atoms with Crippen LogP contribution < -0.4 is 27.2 Å². The highest BCUT2D eigenvalue weighted by Crippen LogP contribution is 2.44. The molecule has 0 saturated heterocycles. The van der Waals surface area contributed by atoms with Crippen molar-refractivity contribution in [2.75, 3.05) is 24.4 Å². The number of hydrogen-bond donors (Lipinski definition) is 4. The number of allylic oxidation sites excluding steroid dienone is 2. The molecule has 0 amide bonds. The molecule has 1 unspecified atom stereocenters. The van der Waals surface area contributed by atoms with Gasteiger partial charge in [0.25, 0.3) is 0 Å². The number of rotatable bonds is 6. The van der Waals surface area contributed by atoms with E-state index in [0.717, 1.165) is 17.8 Å². The van der Waals surface area contributed by atoms with Crippen molar-refractivity contribution in [2.45, 2.75) is 12.3 Å². The quantitative estimate of drug-likeness (QED) is 0.319. The lowest BCUT2D eigenvalue weighted by molar-refractivity contribution is -0.830. The first-order valence-electron chi connectivity index (χ1n) is 8.80. The maximum Gasteiger partial charge on any atom is 0.416 e. The Balaban J connectivity index is 2.03. The first kappa shape index (κ1) is 21.3. The lowest BCUT2D eigenvalue weighted by Crippen LogP contribution is -2.75. The van der Waals surface area contributed by atoms with E-state index in [0.29, 0.717) is 11.4 Å². The topological polar surface area (TPSA) is 115 Å². The van der Waals surface area contributed by atoms with Gasteiger partial charge in [0.1, 0.15) is 12.0 Å². The van der Waals surface area contributed by atoms with E-state index < -0.39 is 17.9 Å². The Bertz CT molecular complexity index is 960. The van der Waals surface area contributed by atoms with Crippen LogP contribution in [0.4, 0.5) is 30.2 Å². The molecule has 11 heteroatoms. The van der Waals surface area contributed by atoms with Crippen molar-refractivity contribution in [1.29, 1.82) is 0 Å². The first-order valence-corrected chi connectivity index (χ1v) is 8.80. The predicted octanol–water partition coefficient (Wildman–Crippen LogP) is 2.03. The fourth-order valence-corrected chi connectivity index (χ4v) is 2.98. The van der Waals surface area contributed by atoms with Crippen molar-refractivity contribution >= 4 is 17.1 Å². The zero-order valence-electron chi connectivity index (χ0n) is 16.3. The molecule has 2 aromatic rings. The molecule has 3 rings (SSSR count). The number of quaternary nitrogens is 1. The summed E-state index contributed by atoms with van der Waals surface area (Å²) < 4.78 is 44.4. The van der Waals surface area contributed by atoms with Gasteiger partial charge in [-0.2, -0.15) is 18.7 Å². The first-order chi connectivity index (χ1) is 14.2. The molecule has 0 saturated carbocycles. The minimum Gasteiger partial charge on any atom is -0.483 e. The van der Waals surface area contributed by atoms with E-state index >= 15 is 0 Å². The largest absolute Gasteiger partial charge is 0.483 e. The Morgan fingerprint density at radius 3 is 2.57 bits per heavy atom. The molecule has 1 aliphatic rings. The molecule has 160 valence electrons. The number of benzene rings is 1. The summed E-state index contributed by atoms with van der Waals surface area (Å²) in [5.41, 5.74) is 14.7. The molecule has 30 heavy (non-hydrogen) atoms. The number of pyridine rings is 1. The van der Waals surface area contributed by atoms with Gasteiger partial charge in [-0.1, -0.05) is 0 Å². The second-order valence-electron chi connectivity index (χ2n) is 6.38. The van der Waals surface area contributed by atoms with Crippen LogP contribution in [0.1, 0.15) is 17.4 Å².